The first kappa shape index (κ1) is 34.2. The highest BCUT2D eigenvalue weighted by molar-refractivity contribution is 6.31. The van der Waals surface area contributed by atoms with Gasteiger partial charge in [-0.05, 0) is 85.5 Å². The van der Waals surface area contributed by atoms with E-state index >= 15 is 0 Å². The van der Waals surface area contributed by atoms with Crippen molar-refractivity contribution in [2.75, 3.05) is 36.1 Å². The van der Waals surface area contributed by atoms with Crippen LogP contribution in [0, 0.1) is 11.8 Å². The van der Waals surface area contributed by atoms with Gasteiger partial charge in [0, 0.05) is 29.4 Å². The number of rotatable bonds is 13. The van der Waals surface area contributed by atoms with Crippen LogP contribution in [0.2, 0.25) is 5.02 Å². The van der Waals surface area contributed by atoms with Crippen LogP contribution in [0.25, 0.3) is 0 Å². The van der Waals surface area contributed by atoms with Crippen LogP contribution in [0.4, 0.5) is 11.4 Å². The number of amides is 1. The van der Waals surface area contributed by atoms with E-state index in [1.165, 1.54) is 11.3 Å². The first-order valence-electron chi connectivity index (χ1n) is 17.7. The molecule has 10 nitrogen and oxygen atoms in total. The molecular weight excluding hydrogens is 652 g/mol. The van der Waals surface area contributed by atoms with Crippen molar-refractivity contribution in [1.29, 1.82) is 0 Å². The lowest BCUT2D eigenvalue weighted by molar-refractivity contribution is -0.192. The Morgan fingerprint density at radius 1 is 0.980 bits per heavy atom. The standard InChI is InChI=1S/C39H45ClN6O4/c1-3-28(2)22-37-38(47)45(27-41-37)32-12-10-31(11-13-32)44-20-16-30(17-21-44)23-29-8-14-33(15-9-29)48-24-34-25-49-39(50-34,26-46-42-18-19-43-46)35-6-4-5-7-36(35)40/h4-15,18-19,27-28,30,34,37H,3,16-17,20-26H2,1-2H3. The van der Waals surface area contributed by atoms with Crippen molar-refractivity contribution in [2.45, 2.75) is 70.4 Å². The molecule has 0 radical (unpaired) electrons. The molecule has 0 bridgehead atoms. The van der Waals surface area contributed by atoms with Crippen LogP contribution in [0.15, 0.2) is 90.2 Å². The van der Waals surface area contributed by atoms with Crippen molar-refractivity contribution in [1.82, 2.24) is 15.0 Å². The third kappa shape index (κ3) is 7.72. The highest BCUT2D eigenvalue weighted by Gasteiger charge is 2.46. The molecule has 3 aliphatic heterocycles. The lowest BCUT2D eigenvalue weighted by Crippen LogP contribution is -2.35. The Hall–Kier alpha value is -4.25. The second-order valence-electron chi connectivity index (χ2n) is 13.7. The van der Waals surface area contributed by atoms with Crippen LogP contribution in [-0.2, 0) is 33.0 Å². The van der Waals surface area contributed by atoms with Crippen molar-refractivity contribution < 1.29 is 19.0 Å². The maximum atomic E-state index is 12.9. The summed E-state index contributed by atoms with van der Waals surface area (Å²) in [6.07, 6.45) is 9.84. The minimum atomic E-state index is -1.10. The van der Waals surface area contributed by atoms with E-state index in [9.17, 15) is 4.79 Å². The molecule has 262 valence electrons. The number of carbonyl (C=O) groups excluding carboxylic acids is 1. The average Bonchev–Trinajstić information content (AvgIpc) is 3.90. The molecule has 11 heteroatoms. The highest BCUT2D eigenvalue weighted by atomic mass is 35.5. The molecule has 4 atom stereocenters. The molecule has 50 heavy (non-hydrogen) atoms. The molecule has 0 saturated carbocycles. The van der Waals surface area contributed by atoms with Crippen molar-refractivity contribution in [3.05, 3.63) is 101 Å². The second-order valence-corrected chi connectivity index (χ2v) is 14.1. The summed E-state index contributed by atoms with van der Waals surface area (Å²) < 4.78 is 18.9. The Labute approximate surface area is 299 Å². The number of hydrogen-bond acceptors (Lipinski definition) is 8. The molecule has 3 aromatic carbocycles. The van der Waals surface area contributed by atoms with Gasteiger partial charge in [0.05, 0.1) is 31.0 Å². The van der Waals surface area contributed by atoms with E-state index < -0.39 is 5.79 Å². The van der Waals surface area contributed by atoms with Gasteiger partial charge in [-0.1, -0.05) is 62.2 Å². The van der Waals surface area contributed by atoms with E-state index in [-0.39, 0.29) is 24.6 Å². The summed E-state index contributed by atoms with van der Waals surface area (Å²) in [5.74, 6) is 0.886. The SMILES string of the molecule is CCC(C)CC1N=CN(c2ccc(N3CCC(Cc4ccc(OCC5COC(Cn6nccn6)(c6ccccc6Cl)O5)cc4)CC3)cc2)C1=O. The van der Waals surface area contributed by atoms with Gasteiger partial charge in [0.2, 0.25) is 5.79 Å². The molecule has 0 aliphatic carbocycles. The summed E-state index contributed by atoms with van der Waals surface area (Å²) in [6, 6.07) is 24.0. The number of hydrogen-bond donors (Lipinski definition) is 0. The monoisotopic (exact) mass is 696 g/mol. The number of ether oxygens (including phenoxy) is 3. The van der Waals surface area contributed by atoms with Crippen LogP contribution in [0.5, 0.6) is 5.75 Å². The van der Waals surface area contributed by atoms with Crippen LogP contribution in [0.1, 0.15) is 50.7 Å². The van der Waals surface area contributed by atoms with Gasteiger partial charge in [0.1, 0.15) is 31.0 Å². The van der Waals surface area contributed by atoms with Crippen molar-refractivity contribution in [3.63, 3.8) is 0 Å². The minimum absolute atomic E-state index is 0.0758. The molecule has 1 amide bonds. The first-order chi connectivity index (χ1) is 24.4. The Bertz CT molecular complexity index is 1740. The van der Waals surface area contributed by atoms with Crippen molar-refractivity contribution in [3.8, 4) is 5.75 Å². The number of nitrogens with zero attached hydrogens (tertiary/aromatic N) is 6. The largest absolute Gasteiger partial charge is 0.491 e. The zero-order valence-electron chi connectivity index (χ0n) is 28.7. The Kier molecular flexibility index (Phi) is 10.5. The Morgan fingerprint density at radius 3 is 2.42 bits per heavy atom. The predicted octanol–water partition coefficient (Wildman–Crippen LogP) is 6.92. The number of piperidine rings is 1. The molecule has 0 spiro atoms. The molecule has 4 unspecified atom stereocenters. The number of aliphatic imine (C=N–C) groups is 1. The number of benzene rings is 3. The van der Waals surface area contributed by atoms with E-state index in [0.29, 0.717) is 30.1 Å². The third-order valence-electron chi connectivity index (χ3n) is 10.2. The van der Waals surface area contributed by atoms with Crippen LogP contribution in [-0.4, -0.2) is 65.7 Å². The summed E-state index contributed by atoms with van der Waals surface area (Å²) in [5.41, 5.74) is 4.14. The van der Waals surface area contributed by atoms with E-state index in [1.807, 2.05) is 48.5 Å². The maximum absolute atomic E-state index is 12.9. The molecule has 4 heterocycles. The summed E-state index contributed by atoms with van der Waals surface area (Å²) >= 11 is 6.56. The van der Waals surface area contributed by atoms with Gasteiger partial charge in [-0.3, -0.25) is 14.7 Å². The first-order valence-corrected chi connectivity index (χ1v) is 18.1. The van der Waals surface area contributed by atoms with E-state index in [1.54, 1.807) is 28.4 Å². The van der Waals surface area contributed by atoms with Crippen molar-refractivity contribution in [2.24, 2.45) is 16.8 Å². The van der Waals surface area contributed by atoms with Crippen LogP contribution in [0.3, 0.4) is 0 Å². The zero-order chi connectivity index (χ0) is 34.5. The zero-order valence-corrected chi connectivity index (χ0v) is 29.5. The maximum Gasteiger partial charge on any atom is 0.257 e. The summed E-state index contributed by atoms with van der Waals surface area (Å²) in [4.78, 5) is 23.1. The van der Waals surface area contributed by atoms with Gasteiger partial charge in [0.15, 0.2) is 0 Å². The number of halogens is 1. The molecule has 1 aromatic heterocycles. The quantitative estimate of drug-likeness (QED) is 0.150. The number of anilines is 2. The average molecular weight is 697 g/mol. The smallest absolute Gasteiger partial charge is 0.257 e. The molecule has 3 aliphatic rings. The van der Waals surface area contributed by atoms with Crippen molar-refractivity contribution >= 4 is 35.2 Å². The van der Waals surface area contributed by atoms with E-state index in [0.717, 1.165) is 62.2 Å². The molecule has 7 rings (SSSR count). The molecule has 0 N–H and O–H groups in total. The Balaban J connectivity index is 0.870. The van der Waals surface area contributed by atoms with Crippen LogP contribution < -0.4 is 14.5 Å². The lowest BCUT2D eigenvalue weighted by Gasteiger charge is -2.34. The molecule has 2 fully saturated rings. The third-order valence-corrected chi connectivity index (χ3v) is 10.5. The Morgan fingerprint density at radius 2 is 1.70 bits per heavy atom. The summed E-state index contributed by atoms with van der Waals surface area (Å²) in [5, 5.41) is 9.06. The highest BCUT2D eigenvalue weighted by Crippen LogP contribution is 2.39. The molecule has 2 saturated heterocycles. The van der Waals surface area contributed by atoms with Gasteiger partial charge in [-0.25, -0.2) is 0 Å². The minimum Gasteiger partial charge on any atom is -0.491 e. The van der Waals surface area contributed by atoms with E-state index in [4.69, 9.17) is 25.8 Å². The molecular formula is C39H45ClN6O4. The fourth-order valence-electron chi connectivity index (χ4n) is 7.03. The fourth-order valence-corrected chi connectivity index (χ4v) is 7.31. The normalized spacial score (nSPS) is 23.1. The lowest BCUT2D eigenvalue weighted by atomic mass is 9.90. The fraction of sp³-hybridized carbons (Fsp3) is 0.436. The number of carbonyl (C=O) groups is 1. The number of aromatic nitrogens is 3. The van der Waals surface area contributed by atoms with Crippen LogP contribution >= 0.6 is 11.6 Å². The van der Waals surface area contributed by atoms with Gasteiger partial charge in [-0.15, -0.1) is 0 Å². The van der Waals surface area contributed by atoms with E-state index in [2.05, 4.69) is 58.2 Å². The predicted molar refractivity (Wildman–Crippen MR) is 195 cm³/mol. The van der Waals surface area contributed by atoms with Gasteiger partial charge in [-0.2, -0.15) is 15.0 Å². The summed E-state index contributed by atoms with van der Waals surface area (Å²) in [6.45, 7) is 7.34. The topological polar surface area (TPSA) is 94.3 Å². The summed E-state index contributed by atoms with van der Waals surface area (Å²) in [7, 11) is 0. The van der Waals surface area contributed by atoms with Gasteiger partial charge < -0.3 is 19.1 Å². The van der Waals surface area contributed by atoms with Gasteiger partial charge >= 0.3 is 0 Å². The van der Waals surface area contributed by atoms with Gasteiger partial charge in [0.25, 0.3) is 5.91 Å². The second kappa shape index (κ2) is 15.3. The molecule has 4 aromatic rings.